The molecule has 18 heavy (non-hydrogen) atoms. The second-order valence-electron chi connectivity index (χ2n) is 4.59. The molecular formula is C12H15ClN4S. The van der Waals surface area contributed by atoms with Crippen molar-refractivity contribution in [3.05, 3.63) is 34.0 Å². The molecule has 3 rings (SSSR count). The van der Waals surface area contributed by atoms with Crippen LogP contribution in [0.15, 0.2) is 24.8 Å². The lowest BCUT2D eigenvalue weighted by molar-refractivity contribution is 0.221. The molecule has 96 valence electrons. The Labute approximate surface area is 115 Å². The smallest absolute Gasteiger partial charge is 0.137 e. The highest BCUT2D eigenvalue weighted by Gasteiger charge is 2.25. The van der Waals surface area contributed by atoms with Gasteiger partial charge in [-0.1, -0.05) is 11.6 Å². The first-order valence-electron chi connectivity index (χ1n) is 6.12. The van der Waals surface area contributed by atoms with E-state index < -0.39 is 0 Å². The monoisotopic (exact) mass is 282 g/mol. The van der Waals surface area contributed by atoms with Crippen molar-refractivity contribution in [3.63, 3.8) is 0 Å². The van der Waals surface area contributed by atoms with E-state index in [1.54, 1.807) is 24.0 Å². The van der Waals surface area contributed by atoms with Crippen molar-refractivity contribution < 1.29 is 0 Å². The van der Waals surface area contributed by atoms with Crippen LogP contribution in [0.3, 0.4) is 0 Å². The summed E-state index contributed by atoms with van der Waals surface area (Å²) < 4.78 is 2.79. The van der Waals surface area contributed by atoms with Crippen molar-refractivity contribution in [3.8, 4) is 0 Å². The van der Waals surface area contributed by atoms with E-state index in [9.17, 15) is 0 Å². The van der Waals surface area contributed by atoms with Crippen LogP contribution < -0.4 is 0 Å². The fraction of sp³-hybridized carbons (Fsp3) is 0.500. The summed E-state index contributed by atoms with van der Waals surface area (Å²) in [5.41, 5.74) is 0. The van der Waals surface area contributed by atoms with Gasteiger partial charge in [0.1, 0.15) is 12.7 Å². The molecule has 6 heteroatoms. The van der Waals surface area contributed by atoms with Crippen LogP contribution in [0, 0.1) is 0 Å². The highest BCUT2D eigenvalue weighted by molar-refractivity contribution is 7.16. The van der Waals surface area contributed by atoms with Gasteiger partial charge in [-0.25, -0.2) is 4.98 Å². The van der Waals surface area contributed by atoms with E-state index in [4.69, 9.17) is 11.6 Å². The van der Waals surface area contributed by atoms with Gasteiger partial charge in [0.05, 0.1) is 10.9 Å². The van der Waals surface area contributed by atoms with Crippen molar-refractivity contribution in [2.24, 2.45) is 0 Å². The lowest BCUT2D eigenvalue weighted by atomic mass is 10.2. The average molecular weight is 283 g/mol. The quantitative estimate of drug-likeness (QED) is 0.865. The van der Waals surface area contributed by atoms with Crippen LogP contribution in [-0.2, 0) is 13.1 Å². The fourth-order valence-corrected chi connectivity index (χ4v) is 3.60. The maximum atomic E-state index is 5.97. The molecule has 0 N–H and O–H groups in total. The molecule has 0 amide bonds. The molecule has 1 aliphatic heterocycles. The molecule has 0 radical (unpaired) electrons. The summed E-state index contributed by atoms with van der Waals surface area (Å²) in [5.74, 6) is 0. The highest BCUT2D eigenvalue weighted by Crippen LogP contribution is 2.26. The van der Waals surface area contributed by atoms with Crippen molar-refractivity contribution >= 4 is 22.9 Å². The predicted molar refractivity (Wildman–Crippen MR) is 72.8 cm³/mol. The summed E-state index contributed by atoms with van der Waals surface area (Å²) in [4.78, 5) is 7.85. The van der Waals surface area contributed by atoms with E-state index in [0.29, 0.717) is 6.04 Å². The number of rotatable bonds is 4. The Balaban J connectivity index is 1.64. The molecule has 0 bridgehead atoms. The third-order valence-corrected chi connectivity index (χ3v) is 4.57. The maximum Gasteiger partial charge on any atom is 0.137 e. The fourth-order valence-electron chi connectivity index (χ4n) is 2.49. The van der Waals surface area contributed by atoms with Gasteiger partial charge < -0.3 is 0 Å². The van der Waals surface area contributed by atoms with Crippen LogP contribution in [0.2, 0.25) is 4.34 Å². The molecule has 0 spiro atoms. The van der Waals surface area contributed by atoms with E-state index in [0.717, 1.165) is 24.0 Å². The summed E-state index contributed by atoms with van der Waals surface area (Å²) in [6.07, 6.45) is 5.88. The van der Waals surface area contributed by atoms with Gasteiger partial charge in [0.15, 0.2) is 0 Å². The molecular weight excluding hydrogens is 268 g/mol. The molecule has 4 nitrogen and oxygen atoms in total. The van der Waals surface area contributed by atoms with E-state index >= 15 is 0 Å². The molecule has 1 saturated heterocycles. The molecule has 1 fully saturated rings. The molecule has 0 aromatic carbocycles. The molecule has 0 aliphatic carbocycles. The maximum absolute atomic E-state index is 5.97. The zero-order valence-corrected chi connectivity index (χ0v) is 11.6. The predicted octanol–water partition coefficient (Wildman–Crippen LogP) is 2.66. The zero-order valence-electron chi connectivity index (χ0n) is 10.00. The van der Waals surface area contributed by atoms with Gasteiger partial charge in [0.25, 0.3) is 0 Å². The number of hydrogen-bond acceptors (Lipinski definition) is 4. The Bertz CT molecular complexity index is 496. The summed E-state index contributed by atoms with van der Waals surface area (Å²) in [5, 5.41) is 4.19. The molecule has 2 aromatic rings. The molecule has 0 saturated carbocycles. The van der Waals surface area contributed by atoms with Crippen LogP contribution in [0.5, 0.6) is 0 Å². The van der Waals surface area contributed by atoms with Gasteiger partial charge in [0, 0.05) is 17.5 Å². The second kappa shape index (κ2) is 5.38. The summed E-state index contributed by atoms with van der Waals surface area (Å²) in [7, 11) is 0. The van der Waals surface area contributed by atoms with Crippen LogP contribution in [0.25, 0.3) is 0 Å². The summed E-state index contributed by atoms with van der Waals surface area (Å²) >= 11 is 7.65. The minimum atomic E-state index is 0.563. The SMILES string of the molecule is Clc1ccc(CN2CCC[C@@H]2Cn2cncn2)s1. The third-order valence-electron chi connectivity index (χ3n) is 3.35. The first kappa shape index (κ1) is 12.1. The largest absolute Gasteiger partial charge is 0.293 e. The number of thiophene rings is 1. The minimum Gasteiger partial charge on any atom is -0.293 e. The third kappa shape index (κ3) is 2.74. The van der Waals surface area contributed by atoms with Crippen LogP contribution >= 0.6 is 22.9 Å². The van der Waals surface area contributed by atoms with E-state index in [1.807, 2.05) is 10.7 Å². The van der Waals surface area contributed by atoms with Gasteiger partial charge in [-0.05, 0) is 31.5 Å². The van der Waals surface area contributed by atoms with Crippen LogP contribution in [0.1, 0.15) is 17.7 Å². The number of likely N-dealkylation sites (tertiary alicyclic amines) is 1. The van der Waals surface area contributed by atoms with Gasteiger partial charge in [-0.3, -0.25) is 9.58 Å². The number of halogens is 1. The van der Waals surface area contributed by atoms with Gasteiger partial charge >= 0.3 is 0 Å². The highest BCUT2D eigenvalue weighted by atomic mass is 35.5. The standard InChI is InChI=1S/C12H15ClN4S/c13-12-4-3-11(18-12)7-16-5-1-2-10(16)6-17-9-14-8-15-17/h3-4,8-10H,1-2,5-7H2/t10-/m1/s1. The minimum absolute atomic E-state index is 0.563. The van der Waals surface area contributed by atoms with Crippen LogP contribution in [-0.4, -0.2) is 32.3 Å². The second-order valence-corrected chi connectivity index (χ2v) is 6.39. The molecule has 2 aromatic heterocycles. The van der Waals surface area contributed by atoms with Gasteiger partial charge in [-0.15, -0.1) is 11.3 Å². The lowest BCUT2D eigenvalue weighted by Gasteiger charge is -2.23. The van der Waals surface area contributed by atoms with Crippen molar-refractivity contribution in [1.29, 1.82) is 0 Å². The van der Waals surface area contributed by atoms with Gasteiger partial charge in [-0.2, -0.15) is 5.10 Å². The number of hydrogen-bond donors (Lipinski definition) is 0. The van der Waals surface area contributed by atoms with Crippen molar-refractivity contribution in [2.75, 3.05) is 6.54 Å². The summed E-state index contributed by atoms with van der Waals surface area (Å²) in [6, 6.07) is 4.66. The Kier molecular flexibility index (Phi) is 3.63. The van der Waals surface area contributed by atoms with E-state index in [1.165, 1.54) is 17.7 Å². The van der Waals surface area contributed by atoms with E-state index in [-0.39, 0.29) is 0 Å². The molecule has 0 unspecified atom stereocenters. The number of aromatic nitrogens is 3. The van der Waals surface area contributed by atoms with Crippen LogP contribution in [0.4, 0.5) is 0 Å². The van der Waals surface area contributed by atoms with Crippen molar-refractivity contribution in [2.45, 2.75) is 32.0 Å². The zero-order chi connectivity index (χ0) is 12.4. The summed E-state index contributed by atoms with van der Waals surface area (Å²) in [6.45, 7) is 3.09. The first-order chi connectivity index (χ1) is 8.81. The molecule has 1 atom stereocenters. The van der Waals surface area contributed by atoms with Crippen molar-refractivity contribution in [1.82, 2.24) is 19.7 Å². The Morgan fingerprint density at radius 1 is 1.44 bits per heavy atom. The average Bonchev–Trinajstić information content (AvgIpc) is 3.05. The Hall–Kier alpha value is -0.910. The Morgan fingerprint density at radius 2 is 2.39 bits per heavy atom. The van der Waals surface area contributed by atoms with E-state index in [2.05, 4.69) is 21.0 Å². The normalized spacial score (nSPS) is 20.6. The molecule has 1 aliphatic rings. The lowest BCUT2D eigenvalue weighted by Crippen LogP contribution is -2.32. The Morgan fingerprint density at radius 3 is 3.11 bits per heavy atom. The number of nitrogens with zero attached hydrogens (tertiary/aromatic N) is 4. The first-order valence-corrected chi connectivity index (χ1v) is 7.31. The molecule has 3 heterocycles. The topological polar surface area (TPSA) is 34.0 Å². The van der Waals surface area contributed by atoms with Gasteiger partial charge in [0.2, 0.25) is 0 Å².